The molecule has 1 aliphatic rings. The topological polar surface area (TPSA) is 35.8 Å². The molecular weight excluding hydrogens is 320 g/mol. The molecule has 1 N–H and O–H groups in total. The van der Waals surface area contributed by atoms with Crippen LogP contribution in [0.3, 0.4) is 0 Å². The molecule has 1 aromatic carbocycles. The van der Waals surface area contributed by atoms with Gasteiger partial charge in [0.05, 0.1) is 6.07 Å². The van der Waals surface area contributed by atoms with Gasteiger partial charge in [0.15, 0.2) is 0 Å². The largest absolute Gasteiger partial charge is 0.297 e. The van der Waals surface area contributed by atoms with Crippen molar-refractivity contribution in [3.63, 3.8) is 0 Å². The Morgan fingerprint density at radius 2 is 2.21 bits per heavy atom. The van der Waals surface area contributed by atoms with Crippen molar-refractivity contribution in [2.75, 3.05) is 0 Å². The summed E-state index contributed by atoms with van der Waals surface area (Å²) in [4.78, 5) is 1.27. The van der Waals surface area contributed by atoms with Crippen LogP contribution in [0.4, 0.5) is 0 Å². The summed E-state index contributed by atoms with van der Waals surface area (Å²) in [6.07, 6.45) is 2.97. The zero-order valence-electron chi connectivity index (χ0n) is 11.3. The molecule has 0 bridgehead atoms. The Kier molecular flexibility index (Phi) is 4.94. The standard InChI is InChI=1S/C15H19BrN2S/c1-11(2)18-15(10-17)8-7-12(9-15)19-14-6-4-3-5-13(14)16/h3-6,11-12,18H,7-9H2,1-2H3. The van der Waals surface area contributed by atoms with E-state index in [4.69, 9.17) is 0 Å². The lowest BCUT2D eigenvalue weighted by atomic mass is 9.99. The maximum atomic E-state index is 9.47. The number of thioether (sulfide) groups is 1. The summed E-state index contributed by atoms with van der Waals surface area (Å²) >= 11 is 5.47. The van der Waals surface area contributed by atoms with E-state index in [0.717, 1.165) is 23.7 Å². The van der Waals surface area contributed by atoms with Crippen LogP contribution in [0.1, 0.15) is 33.1 Å². The lowest BCUT2D eigenvalue weighted by Gasteiger charge is -2.25. The monoisotopic (exact) mass is 338 g/mol. The quantitative estimate of drug-likeness (QED) is 0.886. The summed E-state index contributed by atoms with van der Waals surface area (Å²) in [7, 11) is 0. The number of hydrogen-bond donors (Lipinski definition) is 1. The van der Waals surface area contributed by atoms with Crippen molar-refractivity contribution < 1.29 is 0 Å². The Hall–Kier alpha value is -0.500. The minimum Gasteiger partial charge on any atom is -0.297 e. The van der Waals surface area contributed by atoms with Crippen molar-refractivity contribution in [3.05, 3.63) is 28.7 Å². The fourth-order valence-electron chi connectivity index (χ4n) is 2.64. The molecule has 1 aliphatic carbocycles. The Morgan fingerprint density at radius 3 is 2.84 bits per heavy atom. The van der Waals surface area contributed by atoms with E-state index >= 15 is 0 Å². The third-order valence-corrected chi connectivity index (χ3v) is 5.68. The van der Waals surface area contributed by atoms with Gasteiger partial charge in [0, 0.05) is 20.7 Å². The molecule has 1 aromatic rings. The SMILES string of the molecule is CC(C)NC1(C#N)CCC(Sc2ccccc2Br)C1. The molecule has 0 radical (unpaired) electrons. The van der Waals surface area contributed by atoms with E-state index < -0.39 is 0 Å². The highest BCUT2D eigenvalue weighted by Gasteiger charge is 2.40. The fourth-order valence-corrected chi connectivity index (χ4v) is 4.50. The normalized spacial score (nSPS) is 26.6. The molecule has 102 valence electrons. The summed E-state index contributed by atoms with van der Waals surface area (Å²) in [6.45, 7) is 4.21. The first-order valence-electron chi connectivity index (χ1n) is 6.65. The van der Waals surface area contributed by atoms with Gasteiger partial charge in [-0.15, -0.1) is 11.8 Å². The van der Waals surface area contributed by atoms with E-state index in [2.05, 4.69) is 59.4 Å². The molecule has 0 heterocycles. The van der Waals surface area contributed by atoms with Crippen LogP contribution < -0.4 is 5.32 Å². The molecule has 0 saturated heterocycles. The zero-order valence-corrected chi connectivity index (χ0v) is 13.7. The van der Waals surface area contributed by atoms with Crippen LogP contribution in [0.5, 0.6) is 0 Å². The summed E-state index contributed by atoms with van der Waals surface area (Å²) in [5.41, 5.74) is -0.326. The molecule has 2 atom stereocenters. The number of benzene rings is 1. The summed E-state index contributed by atoms with van der Waals surface area (Å²) in [5, 5.41) is 13.4. The summed E-state index contributed by atoms with van der Waals surface area (Å²) in [6, 6.07) is 11.2. The van der Waals surface area contributed by atoms with E-state index in [1.165, 1.54) is 4.90 Å². The lowest BCUT2D eigenvalue weighted by Crippen LogP contribution is -2.45. The Labute approximate surface area is 128 Å². The zero-order chi connectivity index (χ0) is 13.9. The van der Waals surface area contributed by atoms with Gasteiger partial charge in [-0.2, -0.15) is 5.26 Å². The maximum Gasteiger partial charge on any atom is 0.108 e. The molecule has 1 fully saturated rings. The van der Waals surface area contributed by atoms with E-state index in [-0.39, 0.29) is 5.54 Å². The third kappa shape index (κ3) is 3.75. The van der Waals surface area contributed by atoms with E-state index in [9.17, 15) is 5.26 Å². The van der Waals surface area contributed by atoms with Gasteiger partial charge in [-0.1, -0.05) is 12.1 Å². The van der Waals surface area contributed by atoms with Gasteiger partial charge in [0.2, 0.25) is 0 Å². The Balaban J connectivity index is 2.02. The molecule has 2 unspecified atom stereocenters. The first-order valence-corrected chi connectivity index (χ1v) is 8.32. The van der Waals surface area contributed by atoms with Crippen molar-refractivity contribution in [2.24, 2.45) is 0 Å². The van der Waals surface area contributed by atoms with Crippen molar-refractivity contribution in [3.8, 4) is 6.07 Å². The summed E-state index contributed by atoms with van der Waals surface area (Å²) < 4.78 is 1.14. The molecule has 0 amide bonds. The first kappa shape index (κ1) is 14.9. The predicted molar refractivity (Wildman–Crippen MR) is 84.3 cm³/mol. The van der Waals surface area contributed by atoms with Crippen molar-refractivity contribution in [1.82, 2.24) is 5.32 Å². The van der Waals surface area contributed by atoms with Gasteiger partial charge in [-0.05, 0) is 61.2 Å². The molecule has 2 rings (SSSR count). The molecular formula is C15H19BrN2S. The second-order valence-electron chi connectivity index (χ2n) is 5.41. The van der Waals surface area contributed by atoms with Crippen LogP contribution in [0.2, 0.25) is 0 Å². The van der Waals surface area contributed by atoms with Crippen molar-refractivity contribution >= 4 is 27.7 Å². The molecule has 2 nitrogen and oxygen atoms in total. The number of nitriles is 1. The second kappa shape index (κ2) is 6.30. The van der Waals surface area contributed by atoms with Crippen LogP contribution in [0.25, 0.3) is 0 Å². The van der Waals surface area contributed by atoms with Crippen LogP contribution in [0, 0.1) is 11.3 Å². The lowest BCUT2D eigenvalue weighted by molar-refractivity contribution is 0.386. The highest BCUT2D eigenvalue weighted by atomic mass is 79.9. The highest BCUT2D eigenvalue weighted by molar-refractivity contribution is 9.10. The number of nitrogens with one attached hydrogen (secondary N) is 1. The van der Waals surface area contributed by atoms with Gasteiger partial charge in [0.1, 0.15) is 5.54 Å². The Bertz CT molecular complexity index is 483. The molecule has 0 spiro atoms. The highest BCUT2D eigenvalue weighted by Crippen LogP contribution is 2.42. The molecule has 0 aromatic heterocycles. The number of halogens is 1. The third-order valence-electron chi connectivity index (χ3n) is 3.38. The fraction of sp³-hybridized carbons (Fsp3) is 0.533. The molecule has 1 saturated carbocycles. The van der Waals surface area contributed by atoms with Gasteiger partial charge in [-0.25, -0.2) is 0 Å². The molecule has 19 heavy (non-hydrogen) atoms. The van der Waals surface area contributed by atoms with Gasteiger partial charge in [0.25, 0.3) is 0 Å². The average molecular weight is 339 g/mol. The molecule has 0 aliphatic heterocycles. The van der Waals surface area contributed by atoms with Crippen LogP contribution in [0.15, 0.2) is 33.6 Å². The smallest absolute Gasteiger partial charge is 0.108 e. The van der Waals surface area contributed by atoms with E-state index in [1.807, 2.05) is 17.8 Å². The van der Waals surface area contributed by atoms with Gasteiger partial charge >= 0.3 is 0 Å². The van der Waals surface area contributed by atoms with Crippen molar-refractivity contribution in [2.45, 2.75) is 54.8 Å². The van der Waals surface area contributed by atoms with Crippen LogP contribution in [-0.2, 0) is 0 Å². The van der Waals surface area contributed by atoms with Gasteiger partial charge < -0.3 is 0 Å². The minimum atomic E-state index is -0.326. The van der Waals surface area contributed by atoms with Crippen LogP contribution in [-0.4, -0.2) is 16.8 Å². The first-order chi connectivity index (χ1) is 9.04. The van der Waals surface area contributed by atoms with E-state index in [1.54, 1.807) is 0 Å². The summed E-state index contributed by atoms with van der Waals surface area (Å²) in [5.74, 6) is 0. The van der Waals surface area contributed by atoms with E-state index in [0.29, 0.717) is 11.3 Å². The van der Waals surface area contributed by atoms with Gasteiger partial charge in [-0.3, -0.25) is 5.32 Å². The van der Waals surface area contributed by atoms with Crippen LogP contribution >= 0.6 is 27.7 Å². The average Bonchev–Trinajstić information content (AvgIpc) is 2.75. The predicted octanol–water partition coefficient (Wildman–Crippen LogP) is 4.35. The Morgan fingerprint density at radius 1 is 1.47 bits per heavy atom. The number of hydrogen-bond acceptors (Lipinski definition) is 3. The van der Waals surface area contributed by atoms with Crippen molar-refractivity contribution in [1.29, 1.82) is 5.26 Å². The maximum absolute atomic E-state index is 9.47. The minimum absolute atomic E-state index is 0.326. The second-order valence-corrected chi connectivity index (χ2v) is 7.60. The number of nitrogens with zero attached hydrogens (tertiary/aromatic N) is 1. The number of rotatable bonds is 4. The molecule has 4 heteroatoms.